The summed E-state index contributed by atoms with van der Waals surface area (Å²) in [6, 6.07) is -0.128. The summed E-state index contributed by atoms with van der Waals surface area (Å²) in [5.74, 6) is 1.03. The highest BCUT2D eigenvalue weighted by atomic mass is 16.6. The van der Waals surface area contributed by atoms with Crippen molar-refractivity contribution in [3.8, 4) is 0 Å². The van der Waals surface area contributed by atoms with E-state index in [2.05, 4.69) is 39.9 Å². The third-order valence-electron chi connectivity index (χ3n) is 15.5. The van der Waals surface area contributed by atoms with E-state index in [1.54, 1.807) is 21.0 Å². The zero-order valence-electron chi connectivity index (χ0n) is 29.4. The minimum Gasteiger partial charge on any atom is -0.461 e. The molecule has 5 aliphatic carbocycles. The van der Waals surface area contributed by atoms with Crippen molar-refractivity contribution in [1.29, 1.82) is 0 Å². The Bertz CT molecular complexity index is 1180. The molecule has 6 fully saturated rings. The van der Waals surface area contributed by atoms with Crippen LogP contribution in [0.4, 0.5) is 0 Å². The second-order valence-corrected chi connectivity index (χ2v) is 18.0. The lowest BCUT2D eigenvalue weighted by atomic mass is 9.41. The second kappa shape index (κ2) is 10.9. The van der Waals surface area contributed by atoms with Crippen molar-refractivity contribution in [2.75, 3.05) is 13.7 Å². The van der Waals surface area contributed by atoms with Crippen LogP contribution in [0.15, 0.2) is 0 Å². The van der Waals surface area contributed by atoms with E-state index in [9.17, 15) is 19.8 Å². The highest BCUT2D eigenvalue weighted by Crippen LogP contribution is 2.89. The Kier molecular flexibility index (Phi) is 8.15. The van der Waals surface area contributed by atoms with Gasteiger partial charge in [0.25, 0.3) is 0 Å². The number of carbonyl (C=O) groups excluding carboxylic acids is 2. The molecule has 8 nitrogen and oxygen atoms in total. The highest BCUT2D eigenvalue weighted by Gasteiger charge is 2.83. The van der Waals surface area contributed by atoms with Crippen molar-refractivity contribution < 1.29 is 34.0 Å². The Morgan fingerprint density at radius 2 is 1.64 bits per heavy atom. The number of hydrogen-bond acceptors (Lipinski definition) is 8. The number of aliphatic hydroxyl groups excluding tert-OH is 1. The number of aliphatic hydroxyl groups is 2. The number of ether oxygens (including phenoxy) is 3. The minimum absolute atomic E-state index is 0.0274. The number of methoxy groups -OCH3 is 1. The monoisotopic (exact) mass is 631 g/mol. The summed E-state index contributed by atoms with van der Waals surface area (Å²) < 4.78 is 17.7. The van der Waals surface area contributed by atoms with Crippen molar-refractivity contribution in [2.24, 2.45) is 50.7 Å². The third kappa shape index (κ3) is 4.72. The van der Waals surface area contributed by atoms with Crippen LogP contribution < -0.4 is 5.32 Å². The first-order valence-corrected chi connectivity index (χ1v) is 17.9. The van der Waals surface area contributed by atoms with Crippen LogP contribution in [0, 0.1) is 50.7 Å². The van der Waals surface area contributed by atoms with E-state index in [4.69, 9.17) is 14.2 Å². The number of hydrogen-bond donors (Lipinski definition) is 3. The summed E-state index contributed by atoms with van der Waals surface area (Å²) >= 11 is 0. The van der Waals surface area contributed by atoms with E-state index >= 15 is 0 Å². The molecule has 2 spiro atoms. The van der Waals surface area contributed by atoms with Gasteiger partial charge in [-0.05, 0) is 125 Å². The highest BCUT2D eigenvalue weighted by molar-refractivity contribution is 5.77. The van der Waals surface area contributed by atoms with Crippen LogP contribution in [0.1, 0.15) is 120 Å². The lowest BCUT2D eigenvalue weighted by Gasteiger charge is -2.64. The van der Waals surface area contributed by atoms with Crippen LogP contribution in [-0.2, 0) is 23.8 Å². The minimum atomic E-state index is -1.24. The molecule has 8 heteroatoms. The molecule has 0 aromatic heterocycles. The standard InChI is InChI=1S/C37H61NO7/c1-21(18-25(43-9)30(33(5,6)42)44-22(2)39)23-19-28(40)35(8)27-11-10-26-32(3,4)29(45-31(41)24-13-17-38-24)12-14-36(26)20-37(27,36)16-15-34(23,35)7/h21,23-30,38,40,42H,10-20H2,1-9H3/t21-,23-,24+,25?,26+,27?,28+,29?,30?,34?,35-,36?,37?/m1/s1. The molecule has 3 N–H and O–H groups in total. The van der Waals surface area contributed by atoms with E-state index in [0.717, 1.165) is 51.5 Å². The summed E-state index contributed by atoms with van der Waals surface area (Å²) in [6.07, 6.45) is 8.56. The van der Waals surface area contributed by atoms with Gasteiger partial charge < -0.3 is 29.7 Å². The molecule has 256 valence electrons. The SMILES string of the molecule is COC(C[C@@H](C)[C@H]1C[C@H](O)[C@@]2(C)C3CC[C@H]4C(C)(C)C(OC(=O)[C@@H]5CCN5)CCC45CC35CCC12C)C(OC(C)=O)C(C)(C)O. The van der Waals surface area contributed by atoms with E-state index in [-0.39, 0.29) is 57.2 Å². The Hall–Kier alpha value is -1.22. The van der Waals surface area contributed by atoms with Crippen LogP contribution in [0.25, 0.3) is 0 Å². The fraction of sp³-hybridized carbons (Fsp3) is 0.946. The van der Waals surface area contributed by atoms with E-state index < -0.39 is 23.8 Å². The largest absolute Gasteiger partial charge is 0.461 e. The normalized spacial score (nSPS) is 46.6. The first-order valence-electron chi connectivity index (χ1n) is 17.9. The zero-order chi connectivity index (χ0) is 33.0. The van der Waals surface area contributed by atoms with E-state index in [1.807, 2.05) is 0 Å². The maximum absolute atomic E-state index is 12.8. The van der Waals surface area contributed by atoms with Gasteiger partial charge in [-0.1, -0.05) is 34.6 Å². The molecule has 0 aromatic carbocycles. The molecule has 45 heavy (non-hydrogen) atoms. The predicted octanol–water partition coefficient (Wildman–Crippen LogP) is 5.41. The fourth-order valence-electron chi connectivity index (χ4n) is 12.9. The second-order valence-electron chi connectivity index (χ2n) is 18.0. The van der Waals surface area contributed by atoms with Gasteiger partial charge in [-0.25, -0.2) is 0 Å². The molecule has 5 saturated carbocycles. The molecule has 0 amide bonds. The molecule has 1 aliphatic heterocycles. The molecular weight excluding hydrogens is 570 g/mol. The Morgan fingerprint density at radius 3 is 2.22 bits per heavy atom. The van der Waals surface area contributed by atoms with Crippen molar-refractivity contribution in [1.82, 2.24) is 5.32 Å². The Labute approximate surface area is 271 Å². The van der Waals surface area contributed by atoms with Crippen molar-refractivity contribution in [3.05, 3.63) is 0 Å². The Balaban J connectivity index is 1.22. The van der Waals surface area contributed by atoms with Gasteiger partial charge in [0.1, 0.15) is 12.1 Å². The quantitative estimate of drug-likeness (QED) is 0.290. The van der Waals surface area contributed by atoms with Gasteiger partial charge in [-0.2, -0.15) is 0 Å². The lowest BCUT2D eigenvalue weighted by Crippen LogP contribution is -2.60. The third-order valence-corrected chi connectivity index (χ3v) is 15.5. The average molecular weight is 632 g/mol. The van der Waals surface area contributed by atoms with Crippen molar-refractivity contribution in [3.63, 3.8) is 0 Å². The molecule has 1 heterocycles. The van der Waals surface area contributed by atoms with Gasteiger partial charge in [0, 0.05) is 24.9 Å². The zero-order valence-corrected chi connectivity index (χ0v) is 29.4. The van der Waals surface area contributed by atoms with Gasteiger partial charge in [0.2, 0.25) is 0 Å². The summed E-state index contributed by atoms with van der Waals surface area (Å²) in [5, 5.41) is 26.2. The topological polar surface area (TPSA) is 114 Å². The molecule has 6 aliphatic rings. The number of nitrogens with one attached hydrogen (secondary N) is 1. The first kappa shape index (κ1) is 33.7. The average Bonchev–Trinajstić information content (AvgIpc) is 3.53. The molecule has 0 aromatic rings. The molecule has 6 rings (SSSR count). The lowest BCUT2D eigenvalue weighted by molar-refractivity contribution is -0.195. The summed E-state index contributed by atoms with van der Waals surface area (Å²) in [5.41, 5.74) is -0.962. The molecule has 1 saturated heterocycles. The first-order chi connectivity index (χ1) is 20.9. The van der Waals surface area contributed by atoms with Crippen LogP contribution in [-0.4, -0.2) is 71.9 Å². The maximum atomic E-state index is 12.8. The van der Waals surface area contributed by atoms with Crippen molar-refractivity contribution in [2.45, 2.75) is 156 Å². The number of carbonyl (C=O) groups is 2. The fourth-order valence-corrected chi connectivity index (χ4v) is 12.9. The maximum Gasteiger partial charge on any atom is 0.323 e. The molecule has 0 radical (unpaired) electrons. The summed E-state index contributed by atoms with van der Waals surface area (Å²) in [4.78, 5) is 24.8. The molecular formula is C37H61NO7. The van der Waals surface area contributed by atoms with Crippen molar-refractivity contribution >= 4 is 11.9 Å². The van der Waals surface area contributed by atoms with Gasteiger partial charge in [0.15, 0.2) is 6.10 Å². The van der Waals surface area contributed by atoms with Gasteiger partial charge in [-0.15, -0.1) is 0 Å². The molecule has 13 atom stereocenters. The van der Waals surface area contributed by atoms with E-state index in [1.165, 1.54) is 19.8 Å². The van der Waals surface area contributed by atoms with Crippen LogP contribution >= 0.6 is 0 Å². The van der Waals surface area contributed by atoms with Gasteiger partial charge >= 0.3 is 11.9 Å². The predicted molar refractivity (Wildman–Crippen MR) is 171 cm³/mol. The van der Waals surface area contributed by atoms with Crippen LogP contribution in [0.3, 0.4) is 0 Å². The van der Waals surface area contributed by atoms with Crippen LogP contribution in [0.2, 0.25) is 0 Å². The summed E-state index contributed by atoms with van der Waals surface area (Å²) in [6.45, 7) is 17.5. The van der Waals surface area contributed by atoms with E-state index in [0.29, 0.717) is 24.2 Å². The smallest absolute Gasteiger partial charge is 0.323 e. The molecule has 7 unspecified atom stereocenters. The summed E-state index contributed by atoms with van der Waals surface area (Å²) in [7, 11) is 1.63. The van der Waals surface area contributed by atoms with Crippen LogP contribution in [0.5, 0.6) is 0 Å². The van der Waals surface area contributed by atoms with Gasteiger partial charge in [-0.3, -0.25) is 9.59 Å². The Morgan fingerprint density at radius 1 is 1.00 bits per heavy atom. The number of esters is 2. The number of fused-ring (bicyclic) bond motifs is 2. The van der Waals surface area contributed by atoms with Gasteiger partial charge in [0.05, 0.1) is 17.8 Å². The molecule has 0 bridgehead atoms. The number of rotatable bonds is 9.